The lowest BCUT2D eigenvalue weighted by Gasteiger charge is -2.26. The number of fused-ring (bicyclic) bond motifs is 5. The van der Waals surface area contributed by atoms with Gasteiger partial charge >= 0.3 is 0 Å². The number of amides is 1. The summed E-state index contributed by atoms with van der Waals surface area (Å²) in [6.07, 6.45) is 7.13. The van der Waals surface area contributed by atoms with Gasteiger partial charge in [0.1, 0.15) is 0 Å². The second kappa shape index (κ2) is 6.50. The van der Waals surface area contributed by atoms with Crippen molar-refractivity contribution in [2.75, 3.05) is 13.1 Å². The maximum absolute atomic E-state index is 13.0. The number of rotatable bonds is 3. The second-order valence-corrected chi connectivity index (χ2v) is 8.65. The van der Waals surface area contributed by atoms with Crippen LogP contribution in [0.15, 0.2) is 28.7 Å². The molecule has 1 aromatic carbocycles. The third-order valence-corrected chi connectivity index (χ3v) is 6.62. The molecule has 2 atom stereocenters. The van der Waals surface area contributed by atoms with Gasteiger partial charge in [-0.2, -0.15) is 5.10 Å². The number of carbonyl (C=O) groups excluding carboxylic acids is 1. The van der Waals surface area contributed by atoms with E-state index in [1.807, 2.05) is 16.8 Å². The van der Waals surface area contributed by atoms with Gasteiger partial charge in [0.25, 0.3) is 5.91 Å². The van der Waals surface area contributed by atoms with Crippen molar-refractivity contribution in [1.82, 2.24) is 20.2 Å². The average Bonchev–Trinajstić information content (AvgIpc) is 3.36. The van der Waals surface area contributed by atoms with Crippen LogP contribution in [0.4, 0.5) is 0 Å². The van der Waals surface area contributed by atoms with Gasteiger partial charge in [0, 0.05) is 29.0 Å². The molecule has 136 valence electrons. The number of halogens is 1. The Morgan fingerprint density at radius 2 is 1.81 bits per heavy atom. The second-order valence-electron chi connectivity index (χ2n) is 7.73. The first-order valence-corrected chi connectivity index (χ1v) is 10.4. The third kappa shape index (κ3) is 2.70. The summed E-state index contributed by atoms with van der Waals surface area (Å²) >= 11 is 3.50. The Bertz CT molecular complexity index is 838. The number of benzene rings is 1. The highest BCUT2D eigenvalue weighted by Gasteiger charge is 2.44. The average molecular weight is 415 g/mol. The van der Waals surface area contributed by atoms with E-state index in [9.17, 15) is 4.79 Å². The molecule has 5 nitrogen and oxygen atoms in total. The summed E-state index contributed by atoms with van der Waals surface area (Å²) < 4.78 is 3.08. The highest BCUT2D eigenvalue weighted by molar-refractivity contribution is 9.10. The Morgan fingerprint density at radius 3 is 2.58 bits per heavy atom. The predicted molar refractivity (Wildman–Crippen MR) is 103 cm³/mol. The van der Waals surface area contributed by atoms with Gasteiger partial charge in [-0.15, -0.1) is 0 Å². The van der Waals surface area contributed by atoms with Gasteiger partial charge in [0.15, 0.2) is 5.69 Å². The van der Waals surface area contributed by atoms with Gasteiger partial charge in [-0.25, -0.2) is 9.69 Å². The topological polar surface area (TPSA) is 50.2 Å². The molecule has 1 saturated heterocycles. The predicted octanol–water partition coefficient (Wildman–Crippen LogP) is 4.13. The lowest BCUT2D eigenvalue weighted by Crippen LogP contribution is -2.45. The summed E-state index contributed by atoms with van der Waals surface area (Å²) in [6, 6.07) is 8.19. The van der Waals surface area contributed by atoms with E-state index < -0.39 is 0 Å². The minimum Gasteiger partial charge on any atom is -0.283 e. The number of hydrogen-bond donors (Lipinski definition) is 1. The van der Waals surface area contributed by atoms with Crippen LogP contribution in [0.1, 0.15) is 72.1 Å². The first-order chi connectivity index (χ1) is 12.7. The third-order valence-electron chi connectivity index (χ3n) is 6.09. The van der Waals surface area contributed by atoms with Crippen molar-refractivity contribution < 1.29 is 4.79 Å². The maximum Gasteiger partial charge on any atom is 0.286 e. The van der Waals surface area contributed by atoms with Crippen LogP contribution in [-0.4, -0.2) is 33.8 Å². The van der Waals surface area contributed by atoms with E-state index in [0.717, 1.165) is 36.1 Å². The zero-order valence-electron chi connectivity index (χ0n) is 14.7. The molecule has 2 fully saturated rings. The number of carbonyl (C=O) groups is 1. The molecule has 0 spiro atoms. The maximum atomic E-state index is 13.0. The van der Waals surface area contributed by atoms with Crippen molar-refractivity contribution in [3.8, 4) is 5.69 Å². The van der Waals surface area contributed by atoms with Crippen LogP contribution in [-0.2, 0) is 0 Å². The van der Waals surface area contributed by atoms with E-state index >= 15 is 0 Å². The fourth-order valence-corrected chi connectivity index (χ4v) is 5.14. The molecule has 5 rings (SSSR count). The fourth-order valence-electron chi connectivity index (χ4n) is 4.88. The number of aromatic nitrogens is 2. The molecular weight excluding hydrogens is 392 g/mol. The van der Waals surface area contributed by atoms with Crippen LogP contribution in [0.5, 0.6) is 0 Å². The van der Waals surface area contributed by atoms with Crippen molar-refractivity contribution in [1.29, 1.82) is 0 Å². The largest absolute Gasteiger partial charge is 0.286 e. The standard InChI is InChI=1S/C20H23BrN4O/c21-15-6-8-16(9-7-15)25-19-14-5-4-13(12-14)17(19)18(22-25)20(26)23-24-10-2-1-3-11-24/h6-9,13-14H,1-5,10-12H2,(H,23,26)/t13-,14-/m0/s1. The van der Waals surface area contributed by atoms with E-state index in [1.165, 1.54) is 36.9 Å². The van der Waals surface area contributed by atoms with Gasteiger partial charge in [-0.05, 0) is 62.3 Å². The summed E-state index contributed by atoms with van der Waals surface area (Å²) in [5, 5.41) is 6.86. The van der Waals surface area contributed by atoms with Gasteiger partial charge in [0.2, 0.25) is 0 Å². The molecule has 0 unspecified atom stereocenters. The molecule has 3 aliphatic rings. The lowest BCUT2D eigenvalue weighted by molar-refractivity contribution is 0.0743. The fraction of sp³-hybridized carbons (Fsp3) is 0.500. The Balaban J connectivity index is 1.52. The quantitative estimate of drug-likeness (QED) is 0.820. The van der Waals surface area contributed by atoms with E-state index in [1.54, 1.807) is 0 Å². The molecule has 1 N–H and O–H groups in total. The van der Waals surface area contributed by atoms with Crippen LogP contribution in [0.3, 0.4) is 0 Å². The van der Waals surface area contributed by atoms with Crippen LogP contribution >= 0.6 is 15.9 Å². The molecule has 2 aromatic rings. The zero-order chi connectivity index (χ0) is 17.7. The van der Waals surface area contributed by atoms with Crippen LogP contribution in [0, 0.1) is 0 Å². The van der Waals surface area contributed by atoms with Gasteiger partial charge < -0.3 is 0 Å². The van der Waals surface area contributed by atoms with E-state index in [4.69, 9.17) is 5.10 Å². The first-order valence-electron chi connectivity index (χ1n) is 9.65. The molecule has 26 heavy (non-hydrogen) atoms. The molecular formula is C20H23BrN4O. The SMILES string of the molecule is O=C(NN1CCCCC1)c1nn(-c2ccc(Br)cc2)c2c1[C@H]1CC[C@H]2C1. The molecule has 1 aromatic heterocycles. The Hall–Kier alpha value is -1.66. The number of piperidine rings is 1. The van der Waals surface area contributed by atoms with Crippen LogP contribution in [0.25, 0.3) is 5.69 Å². The monoisotopic (exact) mass is 414 g/mol. The van der Waals surface area contributed by atoms with Crippen LogP contribution < -0.4 is 5.43 Å². The molecule has 6 heteroatoms. The molecule has 0 radical (unpaired) electrons. The lowest BCUT2D eigenvalue weighted by atomic mass is 9.95. The molecule has 2 heterocycles. The first kappa shape index (κ1) is 16.5. The molecule has 1 saturated carbocycles. The van der Waals surface area contributed by atoms with Crippen molar-refractivity contribution in [2.24, 2.45) is 0 Å². The number of hydrazine groups is 1. The van der Waals surface area contributed by atoms with Crippen molar-refractivity contribution in [3.05, 3.63) is 45.7 Å². The zero-order valence-corrected chi connectivity index (χ0v) is 16.3. The smallest absolute Gasteiger partial charge is 0.283 e. The minimum atomic E-state index is -0.0356. The van der Waals surface area contributed by atoms with Crippen LogP contribution in [0.2, 0.25) is 0 Å². The Morgan fingerprint density at radius 1 is 1.08 bits per heavy atom. The van der Waals surface area contributed by atoms with E-state index in [0.29, 0.717) is 17.5 Å². The summed E-state index contributed by atoms with van der Waals surface area (Å²) in [6.45, 7) is 1.88. The summed E-state index contributed by atoms with van der Waals surface area (Å²) in [5.41, 5.74) is 7.26. The highest BCUT2D eigenvalue weighted by Crippen LogP contribution is 2.54. The molecule has 2 bridgehead atoms. The van der Waals surface area contributed by atoms with Crippen molar-refractivity contribution >= 4 is 21.8 Å². The number of nitrogens with one attached hydrogen (secondary N) is 1. The number of nitrogens with zero attached hydrogens (tertiary/aromatic N) is 3. The Kier molecular flexibility index (Phi) is 4.13. The summed E-state index contributed by atoms with van der Waals surface area (Å²) in [5.74, 6) is 1.01. The number of hydrogen-bond acceptors (Lipinski definition) is 3. The van der Waals surface area contributed by atoms with Crippen molar-refractivity contribution in [3.63, 3.8) is 0 Å². The molecule has 2 aliphatic carbocycles. The highest BCUT2D eigenvalue weighted by atomic mass is 79.9. The molecule has 1 aliphatic heterocycles. The normalized spacial score (nSPS) is 24.7. The van der Waals surface area contributed by atoms with Gasteiger partial charge in [-0.3, -0.25) is 10.2 Å². The van der Waals surface area contributed by atoms with Gasteiger partial charge in [0.05, 0.1) is 11.4 Å². The Labute approximate surface area is 161 Å². The van der Waals surface area contributed by atoms with Gasteiger partial charge in [-0.1, -0.05) is 22.4 Å². The summed E-state index contributed by atoms with van der Waals surface area (Å²) in [7, 11) is 0. The minimum absolute atomic E-state index is 0.0356. The van der Waals surface area contributed by atoms with E-state index in [-0.39, 0.29) is 5.91 Å². The summed E-state index contributed by atoms with van der Waals surface area (Å²) in [4.78, 5) is 13.0. The van der Waals surface area contributed by atoms with E-state index in [2.05, 4.69) is 38.5 Å². The molecule has 1 amide bonds. The van der Waals surface area contributed by atoms with Crippen molar-refractivity contribution in [2.45, 2.75) is 50.4 Å².